The molecule has 0 aliphatic carbocycles. The Balaban J connectivity index is 1.56. The molecule has 3 aromatic rings. The minimum Gasteiger partial charge on any atom is -0.390 e. The maximum absolute atomic E-state index is 10.5. The maximum Gasteiger partial charge on any atom is 0.177 e. The standard InChI is InChI=1S/C16H19N5O2S6/c22-11(8-26-15-19-17-13(24)28-15)6-21(10-4-2-1-3-5-10)7-12(23)9-27-16-20-18-14(25)29-16/h1-5,11-12,22-23H,6-9H2,(H,17,24)(H,18,25). The zero-order chi connectivity index (χ0) is 20.6. The molecule has 2 unspecified atom stereocenters. The van der Waals surface area contributed by atoms with Gasteiger partial charge in [0.15, 0.2) is 16.6 Å². The number of anilines is 1. The number of nitrogens with zero attached hydrogens (tertiary/aromatic N) is 3. The number of thioether (sulfide) groups is 2. The molecule has 0 spiro atoms. The Morgan fingerprint density at radius 1 is 0.897 bits per heavy atom. The van der Waals surface area contributed by atoms with Crippen molar-refractivity contribution in [1.82, 2.24) is 20.4 Å². The molecule has 2 atom stereocenters. The van der Waals surface area contributed by atoms with Crippen molar-refractivity contribution >= 4 is 76.3 Å². The number of aromatic amines is 2. The lowest BCUT2D eigenvalue weighted by Crippen LogP contribution is -2.39. The van der Waals surface area contributed by atoms with Gasteiger partial charge in [0.25, 0.3) is 0 Å². The molecule has 0 radical (unpaired) electrons. The summed E-state index contributed by atoms with van der Waals surface area (Å²) in [5.74, 6) is 0.974. The average Bonchev–Trinajstić information content (AvgIpc) is 3.32. The zero-order valence-corrected chi connectivity index (χ0v) is 20.0. The van der Waals surface area contributed by atoms with Gasteiger partial charge in [-0.25, -0.2) is 0 Å². The van der Waals surface area contributed by atoms with Crippen LogP contribution < -0.4 is 4.90 Å². The summed E-state index contributed by atoms with van der Waals surface area (Å²) in [6.45, 7) is 0.797. The summed E-state index contributed by atoms with van der Waals surface area (Å²) in [6.07, 6.45) is -1.18. The third kappa shape index (κ3) is 7.75. The first-order valence-corrected chi connectivity index (χ1v) is 12.9. The van der Waals surface area contributed by atoms with E-state index in [0.29, 0.717) is 32.5 Å². The number of aromatic nitrogens is 4. The van der Waals surface area contributed by atoms with Crippen molar-refractivity contribution in [2.45, 2.75) is 20.9 Å². The Kier molecular flexibility index (Phi) is 9.11. The number of rotatable bonds is 11. The zero-order valence-electron chi connectivity index (χ0n) is 15.1. The van der Waals surface area contributed by atoms with Crippen molar-refractivity contribution in [1.29, 1.82) is 0 Å². The van der Waals surface area contributed by atoms with Crippen LogP contribution in [0.2, 0.25) is 0 Å². The van der Waals surface area contributed by atoms with Crippen LogP contribution in [0, 0.1) is 7.91 Å². The Labute approximate surface area is 194 Å². The molecular weight excluding hydrogens is 487 g/mol. The Morgan fingerprint density at radius 2 is 1.38 bits per heavy atom. The molecule has 3 rings (SSSR count). The summed E-state index contributed by atoms with van der Waals surface area (Å²) in [5.41, 5.74) is 0.950. The number of nitrogens with one attached hydrogen (secondary N) is 2. The largest absolute Gasteiger partial charge is 0.390 e. The Hall–Kier alpha value is -0.800. The summed E-state index contributed by atoms with van der Waals surface area (Å²) in [7, 11) is 0. The van der Waals surface area contributed by atoms with Gasteiger partial charge < -0.3 is 15.1 Å². The third-order valence-electron chi connectivity index (χ3n) is 3.62. The van der Waals surface area contributed by atoms with Crippen molar-refractivity contribution in [2.75, 3.05) is 29.5 Å². The minimum atomic E-state index is -0.589. The second-order valence-corrected chi connectivity index (χ2v) is 11.8. The van der Waals surface area contributed by atoms with Gasteiger partial charge >= 0.3 is 0 Å². The fraction of sp³-hybridized carbons (Fsp3) is 0.375. The summed E-state index contributed by atoms with van der Waals surface area (Å²) < 4.78 is 2.85. The molecule has 4 N–H and O–H groups in total. The number of aliphatic hydroxyl groups is 2. The molecule has 29 heavy (non-hydrogen) atoms. The number of benzene rings is 1. The van der Waals surface area contributed by atoms with Crippen LogP contribution in [0.25, 0.3) is 0 Å². The van der Waals surface area contributed by atoms with E-state index in [4.69, 9.17) is 24.4 Å². The van der Waals surface area contributed by atoms with Crippen LogP contribution in [0.5, 0.6) is 0 Å². The van der Waals surface area contributed by atoms with E-state index in [9.17, 15) is 10.2 Å². The molecule has 1 aromatic carbocycles. The highest BCUT2D eigenvalue weighted by atomic mass is 32.2. The predicted molar refractivity (Wildman–Crippen MR) is 127 cm³/mol. The monoisotopic (exact) mass is 505 g/mol. The highest BCUT2D eigenvalue weighted by Gasteiger charge is 2.18. The smallest absolute Gasteiger partial charge is 0.177 e. The number of aliphatic hydroxyl groups excluding tert-OH is 2. The second-order valence-electron chi connectivity index (χ2n) is 5.93. The SMILES string of the molecule is OC(CSc1n[nH]c(=S)s1)CN(CC(O)CSc1n[nH]c(=S)s1)c1ccccc1. The van der Waals surface area contributed by atoms with Gasteiger partial charge in [0.2, 0.25) is 0 Å². The van der Waals surface area contributed by atoms with Crippen LogP contribution in [0.15, 0.2) is 39.0 Å². The molecule has 13 heteroatoms. The topological polar surface area (TPSA) is 101 Å². The summed E-state index contributed by atoms with van der Waals surface area (Å²) in [5, 5.41) is 34.7. The fourth-order valence-corrected chi connectivity index (χ4v) is 6.47. The van der Waals surface area contributed by atoms with Crippen molar-refractivity contribution < 1.29 is 10.2 Å². The lowest BCUT2D eigenvalue weighted by molar-refractivity contribution is 0.182. The lowest BCUT2D eigenvalue weighted by atomic mass is 10.2. The molecular formula is C16H19N5O2S6. The number of para-hydroxylation sites is 1. The van der Waals surface area contributed by atoms with Crippen LogP contribution in [-0.2, 0) is 0 Å². The van der Waals surface area contributed by atoms with Crippen LogP contribution in [0.4, 0.5) is 5.69 Å². The molecule has 0 aliphatic rings. The van der Waals surface area contributed by atoms with Crippen molar-refractivity contribution in [3.8, 4) is 0 Å². The molecule has 0 bridgehead atoms. The van der Waals surface area contributed by atoms with E-state index in [-0.39, 0.29) is 0 Å². The third-order valence-corrected chi connectivity index (χ3v) is 8.37. The normalized spacial score (nSPS) is 13.3. The summed E-state index contributed by atoms with van der Waals surface area (Å²) >= 11 is 15.8. The van der Waals surface area contributed by atoms with Gasteiger partial charge in [-0.2, -0.15) is 10.2 Å². The Bertz CT molecular complexity index is 927. The molecule has 0 amide bonds. The highest BCUT2D eigenvalue weighted by Crippen LogP contribution is 2.24. The van der Waals surface area contributed by atoms with Crippen LogP contribution >= 0.6 is 70.6 Å². The lowest BCUT2D eigenvalue weighted by Gasteiger charge is -2.29. The van der Waals surface area contributed by atoms with E-state index in [1.54, 1.807) is 0 Å². The average molecular weight is 506 g/mol. The molecule has 7 nitrogen and oxygen atoms in total. The molecule has 156 valence electrons. The first kappa shape index (κ1) is 22.9. The van der Waals surface area contributed by atoms with E-state index < -0.39 is 12.2 Å². The number of H-pyrrole nitrogens is 2. The van der Waals surface area contributed by atoms with Crippen molar-refractivity contribution in [3.05, 3.63) is 38.2 Å². The van der Waals surface area contributed by atoms with E-state index >= 15 is 0 Å². The van der Waals surface area contributed by atoms with Gasteiger partial charge in [-0.1, -0.05) is 64.4 Å². The van der Waals surface area contributed by atoms with Gasteiger partial charge in [0.1, 0.15) is 0 Å². The molecule has 0 fully saturated rings. The molecule has 2 aromatic heterocycles. The van der Waals surface area contributed by atoms with Gasteiger partial charge in [-0.3, -0.25) is 10.2 Å². The first-order chi connectivity index (χ1) is 14.0. The van der Waals surface area contributed by atoms with Gasteiger partial charge in [-0.15, -0.1) is 0 Å². The van der Waals surface area contributed by atoms with E-state index in [0.717, 1.165) is 14.4 Å². The Morgan fingerprint density at radius 3 is 1.79 bits per heavy atom. The molecule has 0 aliphatic heterocycles. The molecule has 0 saturated carbocycles. The summed E-state index contributed by atoms with van der Waals surface area (Å²) in [6, 6.07) is 9.77. The molecule has 0 saturated heterocycles. The fourth-order valence-electron chi connectivity index (χ4n) is 2.43. The second kappa shape index (κ2) is 11.6. The van der Waals surface area contributed by atoms with Crippen LogP contribution in [-0.4, -0.2) is 67.4 Å². The molecule has 2 heterocycles. The van der Waals surface area contributed by atoms with Crippen molar-refractivity contribution in [3.63, 3.8) is 0 Å². The summed E-state index contributed by atoms with van der Waals surface area (Å²) in [4.78, 5) is 2.00. The van der Waals surface area contributed by atoms with Gasteiger partial charge in [-0.05, 0) is 36.6 Å². The van der Waals surface area contributed by atoms with Crippen LogP contribution in [0.1, 0.15) is 0 Å². The van der Waals surface area contributed by atoms with Gasteiger partial charge in [0.05, 0.1) is 12.2 Å². The predicted octanol–water partition coefficient (Wildman–Crippen LogP) is 3.83. The quantitative estimate of drug-likeness (QED) is 0.229. The number of hydrogen-bond acceptors (Lipinski definition) is 11. The van der Waals surface area contributed by atoms with E-state index in [1.165, 1.54) is 46.2 Å². The number of hydrogen-bond donors (Lipinski definition) is 4. The van der Waals surface area contributed by atoms with Crippen LogP contribution in [0.3, 0.4) is 0 Å². The van der Waals surface area contributed by atoms with E-state index in [1.807, 2.05) is 35.2 Å². The first-order valence-electron chi connectivity index (χ1n) is 8.52. The van der Waals surface area contributed by atoms with Gasteiger partial charge in [0, 0.05) is 30.3 Å². The maximum atomic E-state index is 10.5. The van der Waals surface area contributed by atoms with E-state index in [2.05, 4.69) is 20.4 Å². The minimum absolute atomic E-state index is 0.399. The highest BCUT2D eigenvalue weighted by molar-refractivity contribution is 8.01. The van der Waals surface area contributed by atoms with Crippen molar-refractivity contribution in [2.24, 2.45) is 0 Å².